The molecule has 0 radical (unpaired) electrons. The molecule has 2 aliphatic rings. The number of allylic oxidation sites excluding steroid dienone is 4. The molecule has 1 aliphatic heterocycles. The molecule has 0 amide bonds. The number of fused-ring (bicyclic) bond motifs is 1. The Bertz CT molecular complexity index is 938. The number of hydrogen-bond acceptors (Lipinski definition) is 4. The Balaban J connectivity index is 1.83. The zero-order valence-corrected chi connectivity index (χ0v) is 14.4. The van der Waals surface area contributed by atoms with Crippen molar-refractivity contribution in [2.75, 3.05) is 4.90 Å². The maximum Gasteiger partial charge on any atom is 0.232 e. The second-order valence-corrected chi connectivity index (χ2v) is 6.17. The van der Waals surface area contributed by atoms with Crippen LogP contribution < -0.4 is 4.90 Å². The molecular weight excluding hydrogens is 324 g/mol. The van der Waals surface area contributed by atoms with E-state index < -0.39 is 0 Å². The van der Waals surface area contributed by atoms with E-state index in [1.807, 2.05) is 84.7 Å². The van der Waals surface area contributed by atoms with Crippen LogP contribution in [0, 0.1) is 6.92 Å². The number of carbonyl (C=O) groups is 1. The lowest BCUT2D eigenvalue weighted by Crippen LogP contribution is -2.43. The van der Waals surface area contributed by atoms with Crippen molar-refractivity contribution in [3.8, 4) is 0 Å². The summed E-state index contributed by atoms with van der Waals surface area (Å²) in [6, 6.07) is 17.2. The molecule has 2 aromatic rings. The summed E-state index contributed by atoms with van der Waals surface area (Å²) in [5, 5.41) is 4.19. The quantitative estimate of drug-likeness (QED) is 0.776. The maximum absolute atomic E-state index is 13.1. The lowest BCUT2D eigenvalue weighted by atomic mass is 10.1. The molecule has 0 N–H and O–H groups in total. The van der Waals surface area contributed by atoms with Crippen LogP contribution in [-0.2, 0) is 4.84 Å². The first kappa shape index (κ1) is 16.1. The number of anilines is 1. The molecule has 1 heterocycles. The largest absolute Gasteiger partial charge is 0.380 e. The third-order valence-electron chi connectivity index (χ3n) is 4.32. The van der Waals surface area contributed by atoms with Crippen molar-refractivity contribution < 1.29 is 9.63 Å². The Morgan fingerprint density at radius 3 is 2.54 bits per heavy atom. The fraction of sp³-hybridized carbons (Fsp3) is 0.0909. The van der Waals surface area contributed by atoms with Gasteiger partial charge in [-0.2, -0.15) is 0 Å². The van der Waals surface area contributed by atoms with Gasteiger partial charge >= 0.3 is 0 Å². The second kappa shape index (κ2) is 6.84. The number of rotatable bonds is 3. The van der Waals surface area contributed by atoms with Gasteiger partial charge in [0.1, 0.15) is 0 Å². The van der Waals surface area contributed by atoms with Crippen molar-refractivity contribution in [1.82, 2.24) is 0 Å². The molecule has 1 unspecified atom stereocenters. The molecule has 2 aromatic carbocycles. The minimum absolute atomic E-state index is 0.178. The number of ketones is 1. The number of nitrogens with zero attached hydrogens (tertiary/aromatic N) is 2. The Hall–Kier alpha value is -3.40. The molecule has 0 spiro atoms. The maximum atomic E-state index is 13.1. The van der Waals surface area contributed by atoms with E-state index in [0.29, 0.717) is 5.56 Å². The first-order valence-corrected chi connectivity index (χ1v) is 8.49. The first-order chi connectivity index (χ1) is 12.7. The van der Waals surface area contributed by atoms with Crippen LogP contribution in [0.15, 0.2) is 95.8 Å². The van der Waals surface area contributed by atoms with E-state index in [2.05, 4.69) is 5.16 Å². The summed E-state index contributed by atoms with van der Waals surface area (Å²) in [4.78, 5) is 20.6. The molecule has 1 aliphatic carbocycles. The molecule has 0 saturated carbocycles. The van der Waals surface area contributed by atoms with Crippen LogP contribution in [0.2, 0.25) is 0 Å². The summed E-state index contributed by atoms with van der Waals surface area (Å²) in [5.41, 5.74) is 3.46. The number of benzene rings is 2. The third kappa shape index (κ3) is 2.97. The van der Waals surface area contributed by atoms with Crippen LogP contribution in [0.5, 0.6) is 0 Å². The predicted molar refractivity (Wildman–Crippen MR) is 103 cm³/mol. The molecular formula is C22H18N2O2. The highest BCUT2D eigenvalue weighted by Gasteiger charge is 2.34. The Morgan fingerprint density at radius 2 is 1.77 bits per heavy atom. The summed E-state index contributed by atoms with van der Waals surface area (Å²) >= 11 is 0. The number of Topliss-reactive ketones (excluding diaryl/α,β-unsaturated/α-hetero) is 1. The minimum atomic E-state index is -0.335. The topological polar surface area (TPSA) is 41.9 Å². The molecule has 1 atom stereocenters. The number of carbonyl (C=O) groups excluding carboxylic acids is 1. The standard InChI is InChI=1S/C22H18N2O2/c1-16-12-14-18(15-13-16)24-19-10-6-3-7-11-20(19)26-23-22(24)21(25)17-8-4-2-5-9-17/h2-15,20H,1H3. The van der Waals surface area contributed by atoms with Crippen LogP contribution >= 0.6 is 0 Å². The van der Waals surface area contributed by atoms with E-state index in [1.54, 1.807) is 12.1 Å². The van der Waals surface area contributed by atoms with Gasteiger partial charge in [-0.15, -0.1) is 0 Å². The Kier molecular flexibility index (Phi) is 4.23. The highest BCUT2D eigenvalue weighted by molar-refractivity contribution is 6.50. The zero-order chi connectivity index (χ0) is 17.9. The van der Waals surface area contributed by atoms with Crippen LogP contribution in [0.3, 0.4) is 0 Å². The van der Waals surface area contributed by atoms with Gasteiger partial charge in [0.05, 0.1) is 5.70 Å². The van der Waals surface area contributed by atoms with Gasteiger partial charge in [-0.05, 0) is 31.2 Å². The lowest BCUT2D eigenvalue weighted by molar-refractivity contribution is 0.0962. The molecule has 0 bridgehead atoms. The van der Waals surface area contributed by atoms with Crippen molar-refractivity contribution in [3.63, 3.8) is 0 Å². The van der Waals surface area contributed by atoms with E-state index in [9.17, 15) is 4.79 Å². The molecule has 0 fully saturated rings. The van der Waals surface area contributed by atoms with Gasteiger partial charge < -0.3 is 4.84 Å². The average Bonchev–Trinajstić information content (AvgIpc) is 2.93. The zero-order valence-electron chi connectivity index (χ0n) is 14.4. The summed E-state index contributed by atoms with van der Waals surface area (Å²) < 4.78 is 0. The molecule has 0 aromatic heterocycles. The highest BCUT2D eigenvalue weighted by Crippen LogP contribution is 2.30. The fourth-order valence-electron chi connectivity index (χ4n) is 2.96. The number of amidine groups is 1. The second-order valence-electron chi connectivity index (χ2n) is 6.17. The summed E-state index contributed by atoms with van der Waals surface area (Å²) in [7, 11) is 0. The van der Waals surface area contributed by atoms with Gasteiger partial charge in [-0.25, -0.2) is 0 Å². The van der Waals surface area contributed by atoms with Crippen LogP contribution in [0.1, 0.15) is 15.9 Å². The third-order valence-corrected chi connectivity index (χ3v) is 4.32. The average molecular weight is 342 g/mol. The van der Waals surface area contributed by atoms with Crippen molar-refractivity contribution >= 4 is 17.3 Å². The molecule has 0 saturated heterocycles. The normalized spacial score (nSPS) is 18.3. The van der Waals surface area contributed by atoms with Crippen molar-refractivity contribution in [2.45, 2.75) is 13.0 Å². The molecule has 26 heavy (non-hydrogen) atoms. The van der Waals surface area contributed by atoms with Crippen molar-refractivity contribution in [3.05, 3.63) is 102 Å². The monoisotopic (exact) mass is 342 g/mol. The minimum Gasteiger partial charge on any atom is -0.380 e. The van der Waals surface area contributed by atoms with Gasteiger partial charge in [0, 0.05) is 11.3 Å². The number of hydrogen-bond donors (Lipinski definition) is 0. The molecule has 4 heteroatoms. The van der Waals surface area contributed by atoms with E-state index in [-0.39, 0.29) is 17.7 Å². The van der Waals surface area contributed by atoms with Crippen LogP contribution in [0.4, 0.5) is 5.69 Å². The summed E-state index contributed by atoms with van der Waals surface area (Å²) in [5.74, 6) is 0.0778. The van der Waals surface area contributed by atoms with Crippen LogP contribution in [-0.4, -0.2) is 17.7 Å². The molecule has 4 rings (SSSR count). The lowest BCUT2D eigenvalue weighted by Gasteiger charge is -2.33. The first-order valence-electron chi connectivity index (χ1n) is 8.49. The number of aryl methyl sites for hydroxylation is 1. The van der Waals surface area contributed by atoms with Gasteiger partial charge in [0.2, 0.25) is 11.6 Å². The summed E-state index contributed by atoms with van der Waals surface area (Å²) in [6.45, 7) is 2.03. The van der Waals surface area contributed by atoms with Gasteiger partial charge in [-0.1, -0.05) is 71.4 Å². The Labute approximate surface area is 152 Å². The predicted octanol–water partition coefficient (Wildman–Crippen LogP) is 4.41. The molecule has 4 nitrogen and oxygen atoms in total. The SMILES string of the molecule is Cc1ccc(N2C3=CC=CC=CC3ON=C2C(=O)c2ccccc2)cc1. The Morgan fingerprint density at radius 1 is 1.00 bits per heavy atom. The van der Waals surface area contributed by atoms with E-state index >= 15 is 0 Å². The van der Waals surface area contributed by atoms with E-state index in [4.69, 9.17) is 4.84 Å². The smallest absolute Gasteiger partial charge is 0.232 e. The highest BCUT2D eigenvalue weighted by atomic mass is 16.6. The number of oxime groups is 1. The molecule has 128 valence electrons. The van der Waals surface area contributed by atoms with E-state index in [0.717, 1.165) is 16.9 Å². The van der Waals surface area contributed by atoms with Gasteiger partial charge in [0.15, 0.2) is 6.10 Å². The van der Waals surface area contributed by atoms with Gasteiger partial charge in [-0.3, -0.25) is 9.69 Å². The summed E-state index contributed by atoms with van der Waals surface area (Å²) in [6.07, 6.45) is 9.33. The van der Waals surface area contributed by atoms with Gasteiger partial charge in [0.25, 0.3) is 0 Å². The van der Waals surface area contributed by atoms with Crippen molar-refractivity contribution in [2.24, 2.45) is 5.16 Å². The van der Waals surface area contributed by atoms with Crippen molar-refractivity contribution in [1.29, 1.82) is 0 Å². The van der Waals surface area contributed by atoms with Crippen LogP contribution in [0.25, 0.3) is 0 Å². The van der Waals surface area contributed by atoms with E-state index in [1.165, 1.54) is 0 Å². The fourth-order valence-corrected chi connectivity index (χ4v) is 2.96.